The molecular weight excluding hydrogens is 511 g/mol. The van der Waals surface area contributed by atoms with Crippen LogP contribution in [0, 0.1) is 16.0 Å². The molecule has 0 N–H and O–H groups in total. The number of nitrogens with zero attached hydrogens (tertiary/aromatic N) is 2. The average Bonchev–Trinajstić information content (AvgIpc) is 3.51. The normalized spacial score (nSPS) is 21.6. The molecule has 0 bridgehead atoms. The number of rotatable bonds is 5. The van der Waals surface area contributed by atoms with E-state index >= 15 is 0 Å². The Balaban J connectivity index is 1.63. The van der Waals surface area contributed by atoms with E-state index in [9.17, 15) is 19.7 Å². The number of amides is 2. The molecule has 4 aromatic rings. The standard InChI is InChI=1S/C29H18Cl2N2O4/c30-23-16-15-22(17-24(23)31)32-26(34)25-28(18-7-3-1-4-8-18,19-9-5-2-6-10-19)29(25,27(32)35)20-11-13-21(14-12-20)33(36)37/h1-17,25H. The smallest absolute Gasteiger partial charge is 0.269 e. The molecule has 0 spiro atoms. The highest BCUT2D eigenvalue weighted by atomic mass is 35.5. The maximum absolute atomic E-state index is 14.6. The molecule has 182 valence electrons. The Bertz CT molecular complexity index is 1540. The molecule has 6 rings (SSSR count). The zero-order chi connectivity index (χ0) is 25.9. The van der Waals surface area contributed by atoms with Crippen LogP contribution in [0.4, 0.5) is 11.4 Å². The molecular formula is C29H18Cl2N2O4. The number of halogens is 2. The van der Waals surface area contributed by atoms with Crippen molar-refractivity contribution in [3.05, 3.63) is 140 Å². The van der Waals surface area contributed by atoms with Gasteiger partial charge in [0, 0.05) is 12.1 Å². The van der Waals surface area contributed by atoms with E-state index in [-0.39, 0.29) is 16.6 Å². The average molecular weight is 529 g/mol. The van der Waals surface area contributed by atoms with Crippen molar-refractivity contribution in [3.63, 3.8) is 0 Å². The number of nitro groups is 1. The summed E-state index contributed by atoms with van der Waals surface area (Å²) < 4.78 is 0. The lowest BCUT2D eigenvalue weighted by Crippen LogP contribution is -2.44. The van der Waals surface area contributed by atoms with E-state index < -0.39 is 27.6 Å². The second-order valence-electron chi connectivity index (χ2n) is 9.16. The molecule has 37 heavy (non-hydrogen) atoms. The second kappa shape index (κ2) is 8.26. The lowest BCUT2D eigenvalue weighted by molar-refractivity contribution is -0.384. The minimum Gasteiger partial charge on any atom is -0.274 e. The molecule has 4 aromatic carbocycles. The van der Waals surface area contributed by atoms with Gasteiger partial charge in [-0.25, -0.2) is 4.90 Å². The van der Waals surface area contributed by atoms with Crippen molar-refractivity contribution in [1.29, 1.82) is 0 Å². The van der Waals surface area contributed by atoms with Gasteiger partial charge in [0.1, 0.15) is 5.41 Å². The molecule has 2 unspecified atom stereocenters. The SMILES string of the molecule is O=C1C2C(c3ccc([N+](=O)[O-])cc3)(C(=O)N1c1ccc(Cl)c(Cl)c1)C2(c1ccccc1)c1ccccc1. The molecule has 1 heterocycles. The Labute approximate surface area is 222 Å². The van der Waals surface area contributed by atoms with Gasteiger partial charge in [0.05, 0.1) is 32.0 Å². The highest BCUT2D eigenvalue weighted by Gasteiger charge is 2.89. The van der Waals surface area contributed by atoms with Crippen molar-refractivity contribution in [2.75, 3.05) is 4.90 Å². The summed E-state index contributed by atoms with van der Waals surface area (Å²) in [6.45, 7) is 0. The summed E-state index contributed by atoms with van der Waals surface area (Å²) in [4.78, 5) is 40.8. The van der Waals surface area contributed by atoms with Gasteiger partial charge < -0.3 is 0 Å². The molecule has 2 aliphatic rings. The number of non-ortho nitro benzene ring substituents is 1. The van der Waals surface area contributed by atoms with Gasteiger partial charge in [-0.3, -0.25) is 19.7 Å². The molecule has 2 amide bonds. The Morgan fingerprint density at radius 3 is 1.76 bits per heavy atom. The lowest BCUT2D eigenvalue weighted by atomic mass is 9.76. The van der Waals surface area contributed by atoms with E-state index in [2.05, 4.69) is 0 Å². The Morgan fingerprint density at radius 2 is 1.24 bits per heavy atom. The summed E-state index contributed by atoms with van der Waals surface area (Å²) >= 11 is 12.3. The molecule has 1 aliphatic heterocycles. The number of anilines is 1. The van der Waals surface area contributed by atoms with E-state index in [0.717, 1.165) is 11.1 Å². The molecule has 1 aliphatic carbocycles. The number of fused-ring (bicyclic) bond motifs is 1. The van der Waals surface area contributed by atoms with E-state index in [1.165, 1.54) is 23.1 Å². The third kappa shape index (κ3) is 3.00. The van der Waals surface area contributed by atoms with Gasteiger partial charge >= 0.3 is 0 Å². The van der Waals surface area contributed by atoms with Crippen LogP contribution >= 0.6 is 23.2 Å². The number of carbonyl (C=O) groups excluding carboxylic acids is 2. The van der Waals surface area contributed by atoms with E-state index in [1.807, 2.05) is 60.7 Å². The predicted molar refractivity (Wildman–Crippen MR) is 141 cm³/mol. The van der Waals surface area contributed by atoms with E-state index in [4.69, 9.17) is 23.2 Å². The number of hydrogen-bond acceptors (Lipinski definition) is 4. The zero-order valence-electron chi connectivity index (χ0n) is 19.2. The fraction of sp³-hybridized carbons (Fsp3) is 0.103. The van der Waals surface area contributed by atoms with Crippen molar-refractivity contribution >= 4 is 46.4 Å². The first kappa shape index (κ1) is 23.4. The number of imide groups is 1. The molecule has 0 aromatic heterocycles. The van der Waals surface area contributed by atoms with Crippen molar-refractivity contribution in [2.24, 2.45) is 5.92 Å². The first-order chi connectivity index (χ1) is 17.8. The highest BCUT2D eigenvalue weighted by Crippen LogP contribution is 2.77. The second-order valence-corrected chi connectivity index (χ2v) is 9.98. The number of nitro benzene ring substituents is 1. The molecule has 1 saturated heterocycles. The third-order valence-electron chi connectivity index (χ3n) is 7.57. The first-order valence-corrected chi connectivity index (χ1v) is 12.3. The molecule has 6 nitrogen and oxygen atoms in total. The fourth-order valence-electron chi connectivity index (χ4n) is 6.13. The summed E-state index contributed by atoms with van der Waals surface area (Å²) in [5.41, 5.74) is 0.103. The van der Waals surface area contributed by atoms with Gasteiger partial charge in [-0.15, -0.1) is 0 Å². The van der Waals surface area contributed by atoms with Crippen molar-refractivity contribution in [1.82, 2.24) is 0 Å². The molecule has 0 radical (unpaired) electrons. The highest BCUT2D eigenvalue weighted by molar-refractivity contribution is 6.42. The molecule has 2 fully saturated rings. The number of benzene rings is 4. The van der Waals surface area contributed by atoms with Crippen LogP contribution in [0.1, 0.15) is 16.7 Å². The Hall–Kier alpha value is -4.00. The minimum atomic E-state index is -1.31. The van der Waals surface area contributed by atoms with Crippen molar-refractivity contribution < 1.29 is 14.5 Å². The minimum absolute atomic E-state index is 0.0968. The maximum Gasteiger partial charge on any atom is 0.269 e. The monoisotopic (exact) mass is 528 g/mol. The van der Waals surface area contributed by atoms with E-state index in [1.54, 1.807) is 24.3 Å². The predicted octanol–water partition coefficient (Wildman–Crippen LogP) is 6.33. The van der Waals surface area contributed by atoms with Crippen molar-refractivity contribution in [3.8, 4) is 0 Å². The topological polar surface area (TPSA) is 80.5 Å². The summed E-state index contributed by atoms with van der Waals surface area (Å²) in [5.74, 6) is -1.55. The van der Waals surface area contributed by atoms with Crippen LogP contribution in [0.2, 0.25) is 10.0 Å². The summed E-state index contributed by atoms with van der Waals surface area (Å²) in [6, 6.07) is 29.5. The van der Waals surface area contributed by atoms with Crippen LogP contribution in [0.25, 0.3) is 0 Å². The van der Waals surface area contributed by atoms with Gasteiger partial charge in [-0.1, -0.05) is 96.0 Å². The number of carbonyl (C=O) groups is 2. The van der Waals surface area contributed by atoms with Gasteiger partial charge in [-0.2, -0.15) is 0 Å². The first-order valence-electron chi connectivity index (χ1n) is 11.5. The number of hydrogen-bond donors (Lipinski definition) is 0. The maximum atomic E-state index is 14.6. The van der Waals surface area contributed by atoms with Crippen LogP contribution < -0.4 is 4.90 Å². The molecule has 8 heteroatoms. The van der Waals surface area contributed by atoms with Gasteiger partial charge in [0.2, 0.25) is 11.8 Å². The van der Waals surface area contributed by atoms with Crippen LogP contribution in [-0.4, -0.2) is 16.7 Å². The third-order valence-corrected chi connectivity index (χ3v) is 8.30. The van der Waals surface area contributed by atoms with E-state index in [0.29, 0.717) is 16.3 Å². The van der Waals surface area contributed by atoms with Crippen LogP contribution in [0.5, 0.6) is 0 Å². The van der Waals surface area contributed by atoms with Crippen LogP contribution in [0.3, 0.4) is 0 Å². The number of piperidine rings is 1. The zero-order valence-corrected chi connectivity index (χ0v) is 20.7. The van der Waals surface area contributed by atoms with Gasteiger partial charge in [0.25, 0.3) is 5.69 Å². The molecule has 2 atom stereocenters. The largest absolute Gasteiger partial charge is 0.274 e. The summed E-state index contributed by atoms with van der Waals surface area (Å²) in [6.07, 6.45) is 0. The van der Waals surface area contributed by atoms with Gasteiger partial charge in [0.15, 0.2) is 0 Å². The quantitative estimate of drug-likeness (QED) is 0.172. The van der Waals surface area contributed by atoms with Crippen molar-refractivity contribution in [2.45, 2.75) is 10.8 Å². The summed E-state index contributed by atoms with van der Waals surface area (Å²) in [7, 11) is 0. The molecule has 1 saturated carbocycles. The fourth-order valence-corrected chi connectivity index (χ4v) is 6.43. The van der Waals surface area contributed by atoms with Crippen LogP contribution in [-0.2, 0) is 20.4 Å². The Kier molecular flexibility index (Phi) is 5.23. The van der Waals surface area contributed by atoms with Gasteiger partial charge in [-0.05, 0) is 34.9 Å². The summed E-state index contributed by atoms with van der Waals surface area (Å²) in [5, 5.41) is 11.9. The lowest BCUT2D eigenvalue weighted by Gasteiger charge is -2.31. The Morgan fingerprint density at radius 1 is 0.703 bits per heavy atom. The van der Waals surface area contributed by atoms with Crippen LogP contribution in [0.15, 0.2) is 103 Å².